The van der Waals surface area contributed by atoms with Crippen LogP contribution in [0.25, 0.3) is 0 Å². The van der Waals surface area contributed by atoms with Gasteiger partial charge in [-0.2, -0.15) is 0 Å². The highest BCUT2D eigenvalue weighted by molar-refractivity contribution is 5.98. The van der Waals surface area contributed by atoms with E-state index in [9.17, 15) is 9.59 Å². The van der Waals surface area contributed by atoms with Crippen molar-refractivity contribution in [2.75, 3.05) is 19.8 Å². The third-order valence-corrected chi connectivity index (χ3v) is 3.11. The summed E-state index contributed by atoms with van der Waals surface area (Å²) in [7, 11) is 0. The predicted octanol–water partition coefficient (Wildman–Crippen LogP) is 1.77. The molecule has 1 aliphatic rings. The predicted molar refractivity (Wildman–Crippen MR) is 71.9 cm³/mol. The molecule has 0 radical (unpaired) electrons. The number of fused-ring (bicyclic) bond motifs is 1. The number of benzene rings is 1. The molecular formula is C15H18O5. The SMILES string of the molecule is CCOC(=O)C(Cc1ccc2c(c1)OCCO2)C(C)=O. The molecule has 0 amide bonds. The quantitative estimate of drug-likeness (QED) is 0.607. The summed E-state index contributed by atoms with van der Waals surface area (Å²) in [6.07, 6.45) is 0.310. The second kappa shape index (κ2) is 6.41. The van der Waals surface area contributed by atoms with E-state index in [2.05, 4.69) is 0 Å². The molecule has 0 N–H and O–H groups in total. The molecule has 1 aromatic carbocycles. The van der Waals surface area contributed by atoms with Crippen molar-refractivity contribution in [2.45, 2.75) is 20.3 Å². The fraction of sp³-hybridized carbons (Fsp3) is 0.467. The Morgan fingerprint density at radius 1 is 1.25 bits per heavy atom. The van der Waals surface area contributed by atoms with E-state index in [1.54, 1.807) is 13.0 Å². The Balaban J connectivity index is 2.14. The number of Topliss-reactive ketones (excluding diaryl/α,β-unsaturated/α-hetero) is 1. The Hall–Kier alpha value is -2.04. The molecule has 0 saturated carbocycles. The second-order valence-electron chi connectivity index (χ2n) is 4.60. The first kappa shape index (κ1) is 14.4. The number of esters is 1. The van der Waals surface area contributed by atoms with Crippen LogP contribution in [0.1, 0.15) is 19.4 Å². The van der Waals surface area contributed by atoms with Crippen LogP contribution in [0.4, 0.5) is 0 Å². The molecule has 0 bridgehead atoms. The van der Waals surface area contributed by atoms with Crippen molar-refractivity contribution in [2.24, 2.45) is 5.92 Å². The van der Waals surface area contributed by atoms with Crippen molar-refractivity contribution in [1.82, 2.24) is 0 Å². The zero-order valence-corrected chi connectivity index (χ0v) is 11.7. The summed E-state index contributed by atoms with van der Waals surface area (Å²) < 4.78 is 15.9. The molecule has 5 heteroatoms. The first-order chi connectivity index (χ1) is 9.61. The van der Waals surface area contributed by atoms with E-state index in [0.717, 1.165) is 5.56 Å². The monoisotopic (exact) mass is 278 g/mol. The van der Waals surface area contributed by atoms with Gasteiger partial charge in [-0.3, -0.25) is 9.59 Å². The molecule has 0 fully saturated rings. The van der Waals surface area contributed by atoms with Gasteiger partial charge in [0.05, 0.1) is 6.61 Å². The summed E-state index contributed by atoms with van der Waals surface area (Å²) in [5.74, 6) is -0.0962. The van der Waals surface area contributed by atoms with Crippen LogP contribution in [-0.4, -0.2) is 31.6 Å². The van der Waals surface area contributed by atoms with Crippen molar-refractivity contribution < 1.29 is 23.8 Å². The van der Waals surface area contributed by atoms with Crippen LogP contribution < -0.4 is 9.47 Å². The lowest BCUT2D eigenvalue weighted by Gasteiger charge is -2.19. The number of hydrogen-bond donors (Lipinski definition) is 0. The van der Waals surface area contributed by atoms with Crippen LogP contribution >= 0.6 is 0 Å². The third-order valence-electron chi connectivity index (χ3n) is 3.11. The Morgan fingerprint density at radius 3 is 2.60 bits per heavy atom. The molecule has 0 saturated heterocycles. The van der Waals surface area contributed by atoms with Gasteiger partial charge in [-0.15, -0.1) is 0 Å². The van der Waals surface area contributed by atoms with Crippen LogP contribution in [0.15, 0.2) is 18.2 Å². The Morgan fingerprint density at radius 2 is 1.95 bits per heavy atom. The lowest BCUT2D eigenvalue weighted by molar-refractivity contribution is -0.151. The van der Waals surface area contributed by atoms with Gasteiger partial charge in [0, 0.05) is 0 Å². The normalized spacial score (nSPS) is 14.5. The summed E-state index contributed by atoms with van der Waals surface area (Å²) in [5.41, 5.74) is 0.850. The number of rotatable bonds is 5. The Labute approximate surface area is 117 Å². The molecule has 1 aromatic rings. The van der Waals surface area contributed by atoms with E-state index >= 15 is 0 Å². The van der Waals surface area contributed by atoms with Crippen LogP contribution in [0.2, 0.25) is 0 Å². The van der Waals surface area contributed by atoms with Gasteiger partial charge in [0.25, 0.3) is 0 Å². The van der Waals surface area contributed by atoms with Crippen LogP contribution in [-0.2, 0) is 20.7 Å². The first-order valence-corrected chi connectivity index (χ1v) is 6.67. The molecular weight excluding hydrogens is 260 g/mol. The number of ether oxygens (including phenoxy) is 3. The van der Waals surface area contributed by atoms with E-state index in [4.69, 9.17) is 14.2 Å². The number of carbonyl (C=O) groups excluding carboxylic acids is 2. The van der Waals surface area contributed by atoms with Gasteiger partial charge in [-0.1, -0.05) is 6.07 Å². The Bertz CT molecular complexity index is 509. The minimum Gasteiger partial charge on any atom is -0.486 e. The van der Waals surface area contributed by atoms with Gasteiger partial charge in [-0.25, -0.2) is 0 Å². The van der Waals surface area contributed by atoms with Gasteiger partial charge < -0.3 is 14.2 Å². The van der Waals surface area contributed by atoms with Gasteiger partial charge >= 0.3 is 5.97 Å². The van der Waals surface area contributed by atoms with E-state index in [1.165, 1.54) is 6.92 Å². The highest BCUT2D eigenvalue weighted by atomic mass is 16.6. The molecule has 1 heterocycles. The fourth-order valence-corrected chi connectivity index (χ4v) is 2.09. The number of hydrogen-bond acceptors (Lipinski definition) is 5. The molecule has 0 aliphatic carbocycles. The molecule has 0 aromatic heterocycles. The molecule has 1 aliphatic heterocycles. The van der Waals surface area contributed by atoms with E-state index in [0.29, 0.717) is 31.1 Å². The number of ketones is 1. The van der Waals surface area contributed by atoms with Crippen molar-refractivity contribution in [3.63, 3.8) is 0 Å². The molecule has 5 nitrogen and oxygen atoms in total. The van der Waals surface area contributed by atoms with Crippen molar-refractivity contribution >= 4 is 11.8 Å². The summed E-state index contributed by atoms with van der Waals surface area (Å²) in [5, 5.41) is 0. The average molecular weight is 278 g/mol. The van der Waals surface area contributed by atoms with Gasteiger partial charge in [0.2, 0.25) is 0 Å². The third kappa shape index (κ3) is 3.29. The Kier molecular flexibility index (Phi) is 4.61. The zero-order valence-electron chi connectivity index (χ0n) is 11.7. The summed E-state index contributed by atoms with van der Waals surface area (Å²) in [6, 6.07) is 5.44. The van der Waals surface area contributed by atoms with Gasteiger partial charge in [0.15, 0.2) is 11.5 Å². The summed E-state index contributed by atoms with van der Waals surface area (Å²) in [6.45, 7) is 4.43. The summed E-state index contributed by atoms with van der Waals surface area (Å²) in [4.78, 5) is 23.4. The summed E-state index contributed by atoms with van der Waals surface area (Å²) >= 11 is 0. The van der Waals surface area contributed by atoms with Gasteiger partial charge in [-0.05, 0) is 38.0 Å². The smallest absolute Gasteiger partial charge is 0.316 e. The maximum Gasteiger partial charge on any atom is 0.316 e. The lowest BCUT2D eigenvalue weighted by atomic mass is 9.95. The maximum atomic E-state index is 11.8. The van der Waals surface area contributed by atoms with Crippen molar-refractivity contribution in [3.8, 4) is 11.5 Å². The molecule has 1 atom stereocenters. The molecule has 0 spiro atoms. The molecule has 1 unspecified atom stereocenters. The van der Waals surface area contributed by atoms with Crippen LogP contribution in [0, 0.1) is 5.92 Å². The molecule has 108 valence electrons. The topological polar surface area (TPSA) is 61.8 Å². The fourth-order valence-electron chi connectivity index (χ4n) is 2.09. The first-order valence-electron chi connectivity index (χ1n) is 6.67. The maximum absolute atomic E-state index is 11.8. The molecule has 2 rings (SSSR count). The highest BCUT2D eigenvalue weighted by Gasteiger charge is 2.25. The standard InChI is InChI=1S/C15H18O5/c1-3-18-15(17)12(10(2)16)8-11-4-5-13-14(9-11)20-7-6-19-13/h4-5,9,12H,3,6-8H2,1-2H3. The highest BCUT2D eigenvalue weighted by Crippen LogP contribution is 2.31. The number of carbonyl (C=O) groups is 2. The van der Waals surface area contributed by atoms with E-state index < -0.39 is 11.9 Å². The minimum atomic E-state index is -0.766. The van der Waals surface area contributed by atoms with Crippen LogP contribution in [0.5, 0.6) is 11.5 Å². The van der Waals surface area contributed by atoms with E-state index in [1.807, 2.05) is 12.1 Å². The largest absolute Gasteiger partial charge is 0.486 e. The van der Waals surface area contributed by atoms with Crippen LogP contribution in [0.3, 0.4) is 0 Å². The van der Waals surface area contributed by atoms with E-state index in [-0.39, 0.29) is 12.4 Å². The lowest BCUT2D eigenvalue weighted by Crippen LogP contribution is -2.26. The van der Waals surface area contributed by atoms with Gasteiger partial charge in [0.1, 0.15) is 24.9 Å². The van der Waals surface area contributed by atoms with Crippen molar-refractivity contribution in [3.05, 3.63) is 23.8 Å². The van der Waals surface area contributed by atoms with Crippen molar-refractivity contribution in [1.29, 1.82) is 0 Å². The molecule has 20 heavy (non-hydrogen) atoms. The average Bonchev–Trinajstić information content (AvgIpc) is 2.44. The minimum absolute atomic E-state index is 0.196. The zero-order chi connectivity index (χ0) is 14.5. The second-order valence-corrected chi connectivity index (χ2v) is 4.60.